The lowest BCUT2D eigenvalue weighted by Gasteiger charge is -2.29. The smallest absolute Gasteiger partial charge is 0.311 e. The van der Waals surface area contributed by atoms with Gasteiger partial charge in [-0.15, -0.1) is 0 Å². The van der Waals surface area contributed by atoms with E-state index in [1.807, 2.05) is 26.0 Å². The van der Waals surface area contributed by atoms with Crippen LogP contribution >= 0.6 is 15.9 Å². The number of methoxy groups -OCH3 is 3. The van der Waals surface area contributed by atoms with E-state index in [9.17, 15) is 0 Å². The number of hydrogen-bond acceptors (Lipinski definition) is 3. The van der Waals surface area contributed by atoms with E-state index in [2.05, 4.69) is 15.9 Å². The van der Waals surface area contributed by atoms with Gasteiger partial charge in [0.25, 0.3) is 0 Å². The van der Waals surface area contributed by atoms with Crippen LogP contribution in [-0.4, -0.2) is 21.3 Å². The monoisotopic (exact) mass is 288 g/mol. The maximum Gasteiger partial charge on any atom is 0.311 e. The third kappa shape index (κ3) is 2.30. The molecule has 0 saturated carbocycles. The third-order valence-electron chi connectivity index (χ3n) is 2.60. The average Bonchev–Trinajstić information content (AvgIpc) is 2.29. The molecule has 0 atom stereocenters. The van der Waals surface area contributed by atoms with Crippen LogP contribution in [0.15, 0.2) is 16.6 Å². The van der Waals surface area contributed by atoms with Gasteiger partial charge in [-0.2, -0.15) is 0 Å². The topological polar surface area (TPSA) is 27.7 Å². The second-order valence-corrected chi connectivity index (χ2v) is 4.39. The quantitative estimate of drug-likeness (QED) is 0.797. The molecular formula is C12H17BrO3. The SMILES string of the molecule is COC(OC)(OC)c1cc(C)c(Br)c(C)c1. The van der Waals surface area contributed by atoms with Gasteiger partial charge in [-0.25, -0.2) is 0 Å². The van der Waals surface area contributed by atoms with Crippen LogP contribution in [0, 0.1) is 13.8 Å². The van der Waals surface area contributed by atoms with Gasteiger partial charge in [-0.1, -0.05) is 15.9 Å². The van der Waals surface area contributed by atoms with Crippen molar-refractivity contribution in [1.82, 2.24) is 0 Å². The Balaban J connectivity index is 3.31. The van der Waals surface area contributed by atoms with Crippen molar-refractivity contribution in [2.75, 3.05) is 21.3 Å². The normalized spacial score (nSPS) is 11.9. The van der Waals surface area contributed by atoms with E-state index in [4.69, 9.17) is 14.2 Å². The summed E-state index contributed by atoms with van der Waals surface area (Å²) < 4.78 is 17.0. The zero-order valence-corrected chi connectivity index (χ0v) is 11.8. The average molecular weight is 289 g/mol. The lowest BCUT2D eigenvalue weighted by molar-refractivity contribution is -0.364. The minimum atomic E-state index is -1.13. The molecule has 4 heteroatoms. The van der Waals surface area contributed by atoms with E-state index >= 15 is 0 Å². The molecule has 16 heavy (non-hydrogen) atoms. The van der Waals surface area contributed by atoms with E-state index in [0.717, 1.165) is 21.2 Å². The molecule has 1 aromatic carbocycles. The van der Waals surface area contributed by atoms with E-state index in [1.54, 1.807) is 21.3 Å². The van der Waals surface area contributed by atoms with Crippen molar-refractivity contribution in [1.29, 1.82) is 0 Å². The second-order valence-electron chi connectivity index (χ2n) is 3.59. The largest absolute Gasteiger partial charge is 0.327 e. The fourth-order valence-electron chi connectivity index (χ4n) is 1.73. The molecule has 0 spiro atoms. The maximum absolute atomic E-state index is 5.31. The molecule has 0 amide bonds. The zero-order chi connectivity index (χ0) is 12.3. The Kier molecular flexibility index (Phi) is 4.50. The first kappa shape index (κ1) is 13.6. The van der Waals surface area contributed by atoms with Gasteiger partial charge in [0.15, 0.2) is 0 Å². The first-order valence-electron chi connectivity index (χ1n) is 4.93. The van der Waals surface area contributed by atoms with Crippen LogP contribution in [0.5, 0.6) is 0 Å². The summed E-state index contributed by atoms with van der Waals surface area (Å²) in [5, 5.41) is 0. The highest BCUT2D eigenvalue weighted by molar-refractivity contribution is 9.10. The summed E-state index contributed by atoms with van der Waals surface area (Å²) in [7, 11) is 4.67. The summed E-state index contributed by atoms with van der Waals surface area (Å²) in [6.45, 7) is 4.04. The summed E-state index contributed by atoms with van der Waals surface area (Å²) in [5.74, 6) is -1.13. The van der Waals surface area contributed by atoms with Gasteiger partial charge >= 0.3 is 5.97 Å². The molecule has 0 aliphatic carbocycles. The predicted molar refractivity (Wildman–Crippen MR) is 66.3 cm³/mol. The lowest BCUT2D eigenvalue weighted by atomic mass is 10.1. The van der Waals surface area contributed by atoms with Crippen LogP contribution in [0.4, 0.5) is 0 Å². The van der Waals surface area contributed by atoms with Crippen molar-refractivity contribution in [3.05, 3.63) is 33.3 Å². The minimum Gasteiger partial charge on any atom is -0.327 e. The van der Waals surface area contributed by atoms with Gasteiger partial charge in [0, 0.05) is 31.4 Å². The van der Waals surface area contributed by atoms with Crippen LogP contribution in [0.3, 0.4) is 0 Å². The number of benzene rings is 1. The molecule has 0 aliphatic rings. The molecule has 0 bridgehead atoms. The molecule has 3 nitrogen and oxygen atoms in total. The molecule has 0 radical (unpaired) electrons. The summed E-state index contributed by atoms with van der Waals surface area (Å²) in [4.78, 5) is 0. The number of ether oxygens (including phenoxy) is 3. The molecule has 0 heterocycles. The van der Waals surface area contributed by atoms with Crippen LogP contribution in [0.1, 0.15) is 16.7 Å². The van der Waals surface area contributed by atoms with Crippen molar-refractivity contribution < 1.29 is 14.2 Å². The van der Waals surface area contributed by atoms with Crippen LogP contribution in [-0.2, 0) is 20.2 Å². The number of aryl methyl sites for hydroxylation is 2. The molecule has 90 valence electrons. The molecular weight excluding hydrogens is 272 g/mol. The Bertz CT molecular complexity index is 341. The molecule has 1 aromatic rings. The number of halogens is 1. The van der Waals surface area contributed by atoms with Crippen molar-refractivity contribution in [2.24, 2.45) is 0 Å². The zero-order valence-electron chi connectivity index (χ0n) is 10.3. The Morgan fingerprint density at radius 3 is 1.62 bits per heavy atom. The van der Waals surface area contributed by atoms with Crippen molar-refractivity contribution >= 4 is 15.9 Å². The molecule has 1 rings (SSSR count). The number of rotatable bonds is 4. The highest BCUT2D eigenvalue weighted by Crippen LogP contribution is 2.31. The van der Waals surface area contributed by atoms with Gasteiger partial charge in [-0.05, 0) is 37.1 Å². The van der Waals surface area contributed by atoms with Gasteiger partial charge < -0.3 is 14.2 Å². The number of hydrogen-bond donors (Lipinski definition) is 0. The van der Waals surface area contributed by atoms with E-state index in [0.29, 0.717) is 0 Å². The standard InChI is InChI=1S/C12H17BrO3/c1-8-6-10(7-9(2)11(8)13)12(14-3,15-4)16-5/h6-7H,1-5H3. The second kappa shape index (κ2) is 5.27. The third-order valence-corrected chi connectivity index (χ3v) is 3.85. The Morgan fingerprint density at radius 1 is 0.938 bits per heavy atom. The van der Waals surface area contributed by atoms with Crippen molar-refractivity contribution in [3.63, 3.8) is 0 Å². The Hall–Kier alpha value is -0.420. The van der Waals surface area contributed by atoms with Gasteiger partial charge in [0.1, 0.15) is 0 Å². The lowest BCUT2D eigenvalue weighted by Crippen LogP contribution is -2.33. The van der Waals surface area contributed by atoms with Crippen molar-refractivity contribution in [3.8, 4) is 0 Å². The van der Waals surface area contributed by atoms with Crippen LogP contribution in [0.25, 0.3) is 0 Å². The van der Waals surface area contributed by atoms with Crippen LogP contribution < -0.4 is 0 Å². The molecule has 0 aliphatic heterocycles. The van der Waals surface area contributed by atoms with Gasteiger partial charge in [0.05, 0.1) is 0 Å². The molecule has 0 saturated heterocycles. The first-order valence-corrected chi connectivity index (χ1v) is 5.72. The fourth-order valence-corrected chi connectivity index (χ4v) is 1.96. The highest BCUT2D eigenvalue weighted by atomic mass is 79.9. The summed E-state index contributed by atoms with van der Waals surface area (Å²) >= 11 is 3.52. The Morgan fingerprint density at radius 2 is 1.31 bits per heavy atom. The fraction of sp³-hybridized carbons (Fsp3) is 0.500. The van der Waals surface area contributed by atoms with E-state index < -0.39 is 5.97 Å². The van der Waals surface area contributed by atoms with Gasteiger partial charge in [0.2, 0.25) is 0 Å². The molecule has 0 N–H and O–H groups in total. The summed E-state index contributed by atoms with van der Waals surface area (Å²) in [5.41, 5.74) is 3.08. The molecule has 0 unspecified atom stereocenters. The Labute approximate surface area is 105 Å². The predicted octanol–water partition coefficient (Wildman–Crippen LogP) is 3.12. The van der Waals surface area contributed by atoms with Crippen LogP contribution in [0.2, 0.25) is 0 Å². The van der Waals surface area contributed by atoms with E-state index in [-0.39, 0.29) is 0 Å². The van der Waals surface area contributed by atoms with Crippen molar-refractivity contribution in [2.45, 2.75) is 19.8 Å². The summed E-state index contributed by atoms with van der Waals surface area (Å²) in [6.07, 6.45) is 0. The molecule has 0 fully saturated rings. The minimum absolute atomic E-state index is 0.846. The maximum atomic E-state index is 5.31. The van der Waals surface area contributed by atoms with E-state index in [1.165, 1.54) is 0 Å². The molecule has 0 aromatic heterocycles. The van der Waals surface area contributed by atoms with Gasteiger partial charge in [-0.3, -0.25) is 0 Å². The first-order chi connectivity index (χ1) is 7.50. The summed E-state index contributed by atoms with van der Waals surface area (Å²) in [6, 6.07) is 3.96. The highest BCUT2D eigenvalue weighted by Gasteiger charge is 2.33.